The predicted octanol–water partition coefficient (Wildman–Crippen LogP) is 5.49. The van der Waals surface area contributed by atoms with Crippen LogP contribution in [0.3, 0.4) is 0 Å². The van der Waals surface area contributed by atoms with Crippen LogP contribution in [-0.4, -0.2) is 64.1 Å². The lowest BCUT2D eigenvalue weighted by molar-refractivity contribution is -0.128. The van der Waals surface area contributed by atoms with Crippen LogP contribution in [-0.2, 0) is 4.79 Å². The number of thioether (sulfide) groups is 1. The lowest BCUT2D eigenvalue weighted by Gasteiger charge is -2.36. The van der Waals surface area contributed by atoms with Crippen LogP contribution in [0, 0.1) is 0 Å². The molecule has 0 aliphatic carbocycles. The van der Waals surface area contributed by atoms with Crippen LogP contribution in [0.15, 0.2) is 71.2 Å². The third-order valence-electron chi connectivity index (χ3n) is 5.91. The van der Waals surface area contributed by atoms with Crippen molar-refractivity contribution in [3.05, 3.63) is 71.1 Å². The highest BCUT2D eigenvalue weighted by molar-refractivity contribution is 7.99. The number of benzene rings is 2. The average molecular weight is 540 g/mol. The van der Waals surface area contributed by atoms with Crippen LogP contribution in [0.25, 0.3) is 16.4 Å². The Hall–Kier alpha value is -3.01. The zero-order valence-electron chi connectivity index (χ0n) is 19.8. The number of piperazine rings is 1. The number of rotatable bonds is 8. The molecule has 0 unspecified atom stereocenters. The Morgan fingerprint density at radius 1 is 1.03 bits per heavy atom. The van der Waals surface area contributed by atoms with Crippen molar-refractivity contribution in [2.45, 2.75) is 12.1 Å². The minimum atomic E-state index is 0.102. The first-order valence-corrected chi connectivity index (χ1v) is 14.0. The molecule has 0 spiro atoms. The molecule has 1 fully saturated rings. The second kappa shape index (κ2) is 11.4. The second-order valence-corrected chi connectivity index (χ2v) is 10.5. The summed E-state index contributed by atoms with van der Waals surface area (Å²) in [4.78, 5) is 18.3. The maximum Gasteiger partial charge on any atom is 0.233 e. The molecule has 3 heterocycles. The van der Waals surface area contributed by atoms with Gasteiger partial charge in [-0.25, -0.2) is 0 Å². The summed E-state index contributed by atoms with van der Waals surface area (Å²) in [6.07, 6.45) is 0. The number of carbonyl (C=O) groups is 1. The number of amides is 1. The van der Waals surface area contributed by atoms with Gasteiger partial charge in [0.15, 0.2) is 11.0 Å². The predicted molar refractivity (Wildman–Crippen MR) is 147 cm³/mol. The lowest BCUT2D eigenvalue weighted by Crippen LogP contribution is -2.49. The van der Waals surface area contributed by atoms with Crippen molar-refractivity contribution in [3.8, 4) is 22.1 Å². The SMILES string of the molecule is CCOc1ccc(-n2c(SCC(=O)N3CCN(c4cccc(Cl)c4)CC3)nnc2-c2cccs2)cc1. The van der Waals surface area contributed by atoms with Crippen LogP contribution in [0.5, 0.6) is 5.75 Å². The molecule has 1 aliphatic rings. The molecule has 1 aliphatic heterocycles. The van der Waals surface area contributed by atoms with Gasteiger partial charge in [0.05, 0.1) is 22.9 Å². The van der Waals surface area contributed by atoms with E-state index in [4.69, 9.17) is 16.3 Å². The Morgan fingerprint density at radius 2 is 1.83 bits per heavy atom. The molecule has 5 rings (SSSR count). The minimum Gasteiger partial charge on any atom is -0.494 e. The molecule has 1 amide bonds. The topological polar surface area (TPSA) is 63.5 Å². The van der Waals surface area contributed by atoms with Gasteiger partial charge in [0.25, 0.3) is 0 Å². The molecule has 0 N–H and O–H groups in total. The zero-order chi connectivity index (χ0) is 24.9. The maximum absolute atomic E-state index is 13.1. The van der Waals surface area contributed by atoms with E-state index in [0.29, 0.717) is 30.6 Å². The normalized spacial score (nSPS) is 13.7. The summed E-state index contributed by atoms with van der Waals surface area (Å²) in [6.45, 7) is 5.49. The Kier molecular flexibility index (Phi) is 7.79. The van der Waals surface area contributed by atoms with E-state index in [2.05, 4.69) is 21.2 Å². The number of hydrogen-bond donors (Lipinski definition) is 0. The highest BCUT2D eigenvalue weighted by Gasteiger charge is 2.23. The highest BCUT2D eigenvalue weighted by Crippen LogP contribution is 2.31. The molecule has 2 aromatic heterocycles. The first-order chi connectivity index (χ1) is 17.6. The number of carbonyl (C=O) groups excluding carboxylic acids is 1. The largest absolute Gasteiger partial charge is 0.494 e. The van der Waals surface area contributed by atoms with Gasteiger partial charge >= 0.3 is 0 Å². The highest BCUT2D eigenvalue weighted by atomic mass is 35.5. The fraction of sp³-hybridized carbons (Fsp3) is 0.269. The smallest absolute Gasteiger partial charge is 0.233 e. The molecule has 36 heavy (non-hydrogen) atoms. The Morgan fingerprint density at radius 3 is 2.53 bits per heavy atom. The van der Waals surface area contributed by atoms with E-state index in [0.717, 1.165) is 45.9 Å². The fourth-order valence-corrected chi connectivity index (χ4v) is 5.86. The van der Waals surface area contributed by atoms with Crippen molar-refractivity contribution >= 4 is 46.3 Å². The molecule has 2 aromatic carbocycles. The summed E-state index contributed by atoms with van der Waals surface area (Å²) in [6, 6.07) is 19.7. The minimum absolute atomic E-state index is 0.102. The van der Waals surface area contributed by atoms with Gasteiger partial charge in [-0.3, -0.25) is 9.36 Å². The van der Waals surface area contributed by atoms with Crippen molar-refractivity contribution < 1.29 is 9.53 Å². The van der Waals surface area contributed by atoms with Crippen LogP contribution in [0.1, 0.15) is 6.92 Å². The van der Waals surface area contributed by atoms with Crippen molar-refractivity contribution in [2.24, 2.45) is 0 Å². The monoisotopic (exact) mass is 539 g/mol. The van der Waals surface area contributed by atoms with Gasteiger partial charge in [0, 0.05) is 36.9 Å². The molecule has 1 saturated heterocycles. The number of hydrogen-bond acceptors (Lipinski definition) is 7. The van der Waals surface area contributed by atoms with Gasteiger partial charge in [-0.1, -0.05) is 35.5 Å². The van der Waals surface area contributed by atoms with Crippen molar-refractivity contribution in [1.82, 2.24) is 19.7 Å². The number of thiophene rings is 1. The number of nitrogens with zero attached hydrogens (tertiary/aromatic N) is 5. The maximum atomic E-state index is 13.1. The van der Waals surface area contributed by atoms with Gasteiger partial charge in [-0.15, -0.1) is 21.5 Å². The zero-order valence-corrected chi connectivity index (χ0v) is 22.2. The number of anilines is 1. The van der Waals surface area contributed by atoms with E-state index in [1.54, 1.807) is 11.3 Å². The Labute approximate surface area is 223 Å². The van der Waals surface area contributed by atoms with E-state index in [-0.39, 0.29) is 5.91 Å². The van der Waals surface area contributed by atoms with Gasteiger partial charge in [-0.2, -0.15) is 0 Å². The quantitative estimate of drug-likeness (QED) is 0.276. The van der Waals surface area contributed by atoms with E-state index in [1.165, 1.54) is 11.8 Å². The summed E-state index contributed by atoms with van der Waals surface area (Å²) in [5, 5.41) is 12.3. The molecular weight excluding hydrogens is 514 g/mol. The number of ether oxygens (including phenoxy) is 1. The van der Waals surface area contributed by atoms with Gasteiger partial charge in [-0.05, 0) is 60.8 Å². The molecular formula is C26H26ClN5O2S2. The summed E-state index contributed by atoms with van der Waals surface area (Å²) < 4.78 is 7.61. The van der Waals surface area contributed by atoms with Crippen molar-refractivity contribution in [1.29, 1.82) is 0 Å². The van der Waals surface area contributed by atoms with E-state index < -0.39 is 0 Å². The molecule has 4 aromatic rings. The number of aromatic nitrogens is 3. The summed E-state index contributed by atoms with van der Waals surface area (Å²) >= 11 is 9.17. The first-order valence-electron chi connectivity index (χ1n) is 11.8. The molecule has 0 saturated carbocycles. The van der Waals surface area contributed by atoms with Crippen LogP contribution in [0.4, 0.5) is 5.69 Å². The molecule has 0 radical (unpaired) electrons. The Balaban J connectivity index is 1.27. The van der Waals surface area contributed by atoms with Gasteiger partial charge < -0.3 is 14.5 Å². The summed E-state index contributed by atoms with van der Waals surface area (Å²) in [7, 11) is 0. The van der Waals surface area contributed by atoms with Crippen molar-refractivity contribution in [3.63, 3.8) is 0 Å². The molecule has 7 nitrogen and oxygen atoms in total. The van der Waals surface area contributed by atoms with Crippen LogP contribution in [0.2, 0.25) is 5.02 Å². The first kappa shape index (κ1) is 24.7. The second-order valence-electron chi connectivity index (χ2n) is 8.18. The molecule has 0 bridgehead atoms. The standard InChI is InChI=1S/C26H26ClN5O2S2/c1-2-34-22-10-8-20(9-11-22)32-25(23-7-4-16-35-23)28-29-26(32)36-18-24(33)31-14-12-30(13-15-31)21-6-3-5-19(27)17-21/h3-11,16-17H,2,12-15,18H2,1H3. The average Bonchev–Trinajstić information content (AvgIpc) is 3.58. The molecule has 186 valence electrons. The van der Waals surface area contributed by atoms with E-state index in [1.807, 2.05) is 76.4 Å². The fourth-order valence-electron chi connectivity index (χ4n) is 4.12. The Bertz CT molecular complexity index is 1300. The molecule has 10 heteroatoms. The third kappa shape index (κ3) is 5.53. The number of halogens is 1. The summed E-state index contributed by atoms with van der Waals surface area (Å²) in [5.41, 5.74) is 2.02. The summed E-state index contributed by atoms with van der Waals surface area (Å²) in [5.74, 6) is 1.98. The van der Waals surface area contributed by atoms with Gasteiger partial charge in [0.1, 0.15) is 5.75 Å². The van der Waals surface area contributed by atoms with E-state index >= 15 is 0 Å². The molecule has 0 atom stereocenters. The lowest BCUT2D eigenvalue weighted by atomic mass is 10.2. The van der Waals surface area contributed by atoms with Gasteiger partial charge in [0.2, 0.25) is 5.91 Å². The van der Waals surface area contributed by atoms with Crippen LogP contribution >= 0.6 is 34.7 Å². The van der Waals surface area contributed by atoms with Crippen LogP contribution < -0.4 is 9.64 Å². The third-order valence-corrected chi connectivity index (χ3v) is 7.93. The van der Waals surface area contributed by atoms with Crippen molar-refractivity contribution in [2.75, 3.05) is 43.4 Å². The van der Waals surface area contributed by atoms with E-state index in [9.17, 15) is 4.79 Å².